The van der Waals surface area contributed by atoms with Gasteiger partial charge in [-0.1, -0.05) is 54.6 Å². The fraction of sp³-hybridized carbons (Fsp3) is 0.258. The van der Waals surface area contributed by atoms with Crippen molar-refractivity contribution < 1.29 is 23.4 Å². The topological polar surface area (TPSA) is 60.0 Å². The van der Waals surface area contributed by atoms with Gasteiger partial charge in [0.25, 0.3) is 0 Å². The number of methoxy groups -OCH3 is 1. The summed E-state index contributed by atoms with van der Waals surface area (Å²) in [7, 11) is 1.30. The summed E-state index contributed by atoms with van der Waals surface area (Å²) in [6.45, 7) is 3.12. The Labute approximate surface area is 221 Å². The van der Waals surface area contributed by atoms with Crippen molar-refractivity contribution in [1.29, 1.82) is 0 Å². The molecule has 0 saturated carbocycles. The molecule has 0 amide bonds. The molecule has 2 atom stereocenters. The maximum Gasteiger partial charge on any atom is 0.343 e. The molecule has 38 heavy (non-hydrogen) atoms. The number of anilines is 2. The third-order valence-corrected chi connectivity index (χ3v) is 6.84. The number of rotatable bonds is 9. The molecule has 0 aliphatic carbocycles. The minimum Gasteiger partial charge on any atom is -0.486 e. The Morgan fingerprint density at radius 2 is 1.84 bits per heavy atom. The molecule has 0 aromatic heterocycles. The lowest BCUT2D eigenvalue weighted by Crippen LogP contribution is -2.39. The number of esters is 1. The van der Waals surface area contributed by atoms with Gasteiger partial charge in [-0.25, -0.2) is 9.18 Å². The predicted octanol–water partition coefficient (Wildman–Crippen LogP) is 6.17. The standard InChI is InChI=1S/C31H31FN2O4/c1-21(25-11-7-9-22-8-3-4-10-26(22)25)33-17-16-24-19-34(28-12-5-6-13-30(28)38-24)29-18-23(14-15-27(29)32)37-20-31(35)36-2/h3-15,18,21,24,33H,16-17,19-20H2,1-2H3/t21-,24?/m1/s1. The molecule has 4 aromatic rings. The van der Waals surface area contributed by atoms with E-state index in [4.69, 9.17) is 9.47 Å². The maximum absolute atomic E-state index is 15.1. The van der Waals surface area contributed by atoms with E-state index in [1.165, 1.54) is 35.6 Å². The second-order valence-corrected chi connectivity index (χ2v) is 9.33. The zero-order chi connectivity index (χ0) is 26.5. The first-order chi connectivity index (χ1) is 18.5. The molecule has 0 spiro atoms. The van der Waals surface area contributed by atoms with Gasteiger partial charge >= 0.3 is 5.97 Å². The number of ether oxygens (including phenoxy) is 3. The van der Waals surface area contributed by atoms with Crippen molar-refractivity contribution >= 4 is 28.1 Å². The Morgan fingerprint density at radius 1 is 1.05 bits per heavy atom. The van der Waals surface area contributed by atoms with Crippen LogP contribution >= 0.6 is 0 Å². The normalized spacial score (nSPS) is 15.4. The van der Waals surface area contributed by atoms with Gasteiger partial charge < -0.3 is 24.4 Å². The van der Waals surface area contributed by atoms with E-state index in [0.717, 1.165) is 18.7 Å². The molecular weight excluding hydrogens is 483 g/mol. The molecule has 1 N–H and O–H groups in total. The summed E-state index contributed by atoms with van der Waals surface area (Å²) < 4.78 is 31.5. The lowest BCUT2D eigenvalue weighted by atomic mass is 9.99. The van der Waals surface area contributed by atoms with Crippen molar-refractivity contribution in [2.24, 2.45) is 0 Å². The fourth-order valence-electron chi connectivity index (χ4n) is 4.87. The summed E-state index contributed by atoms with van der Waals surface area (Å²) in [5, 5.41) is 6.10. The van der Waals surface area contributed by atoms with E-state index in [0.29, 0.717) is 23.7 Å². The number of nitrogens with one attached hydrogen (secondary N) is 1. The van der Waals surface area contributed by atoms with E-state index in [9.17, 15) is 4.79 Å². The third kappa shape index (κ3) is 5.58. The van der Waals surface area contributed by atoms with Crippen LogP contribution in [0.3, 0.4) is 0 Å². The summed E-state index contributed by atoms with van der Waals surface area (Å²) in [6, 6.07) is 27.0. The molecule has 0 radical (unpaired) electrons. The molecule has 5 rings (SSSR count). The molecule has 1 aliphatic heterocycles. The lowest BCUT2D eigenvalue weighted by molar-refractivity contribution is -0.142. The number of benzene rings is 4. The largest absolute Gasteiger partial charge is 0.486 e. The van der Waals surface area contributed by atoms with Crippen molar-refractivity contribution in [3.63, 3.8) is 0 Å². The lowest BCUT2D eigenvalue weighted by Gasteiger charge is -2.36. The molecule has 4 aromatic carbocycles. The number of carbonyl (C=O) groups is 1. The molecule has 1 aliphatic rings. The predicted molar refractivity (Wildman–Crippen MR) is 147 cm³/mol. The van der Waals surface area contributed by atoms with E-state index in [-0.39, 0.29) is 24.6 Å². The summed E-state index contributed by atoms with van der Waals surface area (Å²) in [6.07, 6.45) is 0.580. The van der Waals surface area contributed by atoms with Gasteiger partial charge in [0.2, 0.25) is 0 Å². The number of carbonyl (C=O) groups excluding carboxylic acids is 1. The van der Waals surface area contributed by atoms with Crippen LogP contribution in [-0.2, 0) is 9.53 Å². The number of para-hydroxylation sites is 2. The molecular formula is C31H31FN2O4. The second-order valence-electron chi connectivity index (χ2n) is 9.33. The number of nitrogens with zero attached hydrogens (tertiary/aromatic N) is 1. The minimum atomic E-state index is -0.502. The first-order valence-electron chi connectivity index (χ1n) is 12.8. The zero-order valence-corrected chi connectivity index (χ0v) is 21.5. The highest BCUT2D eigenvalue weighted by molar-refractivity contribution is 5.86. The monoisotopic (exact) mass is 514 g/mol. The van der Waals surface area contributed by atoms with Crippen LogP contribution in [0.15, 0.2) is 84.9 Å². The van der Waals surface area contributed by atoms with Crippen LogP contribution in [0.25, 0.3) is 10.8 Å². The number of halogens is 1. The molecule has 0 bridgehead atoms. The third-order valence-electron chi connectivity index (χ3n) is 6.84. The molecule has 1 unspecified atom stereocenters. The van der Waals surface area contributed by atoms with Crippen LogP contribution < -0.4 is 19.7 Å². The second kappa shape index (κ2) is 11.5. The molecule has 1 heterocycles. The van der Waals surface area contributed by atoms with E-state index in [1.54, 1.807) is 6.07 Å². The highest BCUT2D eigenvalue weighted by Gasteiger charge is 2.28. The van der Waals surface area contributed by atoms with Crippen molar-refractivity contribution in [2.75, 3.05) is 31.7 Å². The molecule has 0 fully saturated rings. The van der Waals surface area contributed by atoms with Crippen LogP contribution in [0.1, 0.15) is 24.9 Å². The van der Waals surface area contributed by atoms with Gasteiger partial charge in [-0.15, -0.1) is 0 Å². The summed E-state index contributed by atoms with van der Waals surface area (Å²) in [4.78, 5) is 13.4. The Hall–Kier alpha value is -4.10. The van der Waals surface area contributed by atoms with Crippen LogP contribution in [0.2, 0.25) is 0 Å². The van der Waals surface area contributed by atoms with Gasteiger partial charge in [-0.05, 0) is 60.5 Å². The van der Waals surface area contributed by atoms with Crippen molar-refractivity contribution in [2.45, 2.75) is 25.5 Å². The first kappa shape index (κ1) is 25.5. The van der Waals surface area contributed by atoms with Crippen LogP contribution in [0.4, 0.5) is 15.8 Å². The van der Waals surface area contributed by atoms with Gasteiger partial charge in [0.15, 0.2) is 6.61 Å². The SMILES string of the molecule is COC(=O)COc1ccc(F)c(N2CC(CCN[C@H](C)c3cccc4ccccc34)Oc3ccccc32)c1. The molecule has 196 valence electrons. The molecule has 7 heteroatoms. The van der Waals surface area contributed by atoms with Gasteiger partial charge in [-0.2, -0.15) is 0 Å². The Kier molecular flexibility index (Phi) is 7.75. The molecule has 6 nitrogen and oxygen atoms in total. The van der Waals surface area contributed by atoms with Crippen LogP contribution in [0, 0.1) is 5.82 Å². The van der Waals surface area contributed by atoms with Gasteiger partial charge in [0.1, 0.15) is 23.4 Å². The van der Waals surface area contributed by atoms with Crippen molar-refractivity contribution in [3.05, 3.63) is 96.3 Å². The van der Waals surface area contributed by atoms with E-state index >= 15 is 4.39 Å². The highest BCUT2D eigenvalue weighted by Crippen LogP contribution is 2.40. The Morgan fingerprint density at radius 3 is 2.71 bits per heavy atom. The average Bonchev–Trinajstić information content (AvgIpc) is 2.95. The minimum absolute atomic E-state index is 0.156. The number of hydrogen-bond acceptors (Lipinski definition) is 6. The Bertz CT molecular complexity index is 1420. The van der Waals surface area contributed by atoms with E-state index in [2.05, 4.69) is 59.4 Å². The first-order valence-corrected chi connectivity index (χ1v) is 12.8. The van der Waals surface area contributed by atoms with Crippen molar-refractivity contribution in [1.82, 2.24) is 5.32 Å². The van der Waals surface area contributed by atoms with Gasteiger partial charge in [-0.3, -0.25) is 0 Å². The quantitative estimate of drug-likeness (QED) is 0.270. The van der Waals surface area contributed by atoms with Gasteiger partial charge in [0, 0.05) is 12.1 Å². The Balaban J connectivity index is 1.30. The number of hydrogen-bond donors (Lipinski definition) is 1. The maximum atomic E-state index is 15.1. The van der Waals surface area contributed by atoms with Crippen LogP contribution in [0.5, 0.6) is 11.5 Å². The van der Waals surface area contributed by atoms with Gasteiger partial charge in [0.05, 0.1) is 25.0 Å². The van der Waals surface area contributed by atoms with E-state index < -0.39 is 5.97 Å². The number of fused-ring (bicyclic) bond motifs is 2. The molecule has 0 saturated heterocycles. The van der Waals surface area contributed by atoms with E-state index in [1.807, 2.05) is 29.2 Å². The summed E-state index contributed by atoms with van der Waals surface area (Å²) in [5.41, 5.74) is 2.40. The summed E-state index contributed by atoms with van der Waals surface area (Å²) in [5.74, 6) is 0.204. The zero-order valence-electron chi connectivity index (χ0n) is 21.5. The summed E-state index contributed by atoms with van der Waals surface area (Å²) >= 11 is 0. The highest BCUT2D eigenvalue weighted by atomic mass is 19.1. The smallest absolute Gasteiger partial charge is 0.343 e. The van der Waals surface area contributed by atoms with Crippen molar-refractivity contribution in [3.8, 4) is 11.5 Å². The fourth-order valence-corrected chi connectivity index (χ4v) is 4.87. The average molecular weight is 515 g/mol. The van der Waals surface area contributed by atoms with Crippen LogP contribution in [-0.4, -0.2) is 38.9 Å².